The van der Waals surface area contributed by atoms with E-state index in [1.54, 1.807) is 11.3 Å². The summed E-state index contributed by atoms with van der Waals surface area (Å²) < 4.78 is 1.90. The van der Waals surface area contributed by atoms with E-state index in [0.29, 0.717) is 0 Å². The van der Waals surface area contributed by atoms with E-state index in [1.165, 1.54) is 4.88 Å². The van der Waals surface area contributed by atoms with E-state index in [1.807, 2.05) is 29.8 Å². The molecule has 0 spiro atoms. The van der Waals surface area contributed by atoms with Crippen molar-refractivity contribution in [1.29, 1.82) is 5.26 Å². The van der Waals surface area contributed by atoms with E-state index in [2.05, 4.69) is 27.5 Å². The number of aryl methyl sites for hydroxylation is 1. The van der Waals surface area contributed by atoms with Crippen molar-refractivity contribution >= 4 is 22.5 Å². The lowest BCUT2D eigenvalue weighted by molar-refractivity contribution is 0.782. The first-order valence-electron chi connectivity index (χ1n) is 5.99. The minimum absolute atomic E-state index is 0.285. The molecule has 0 aliphatic heterocycles. The van der Waals surface area contributed by atoms with Crippen LogP contribution in [0.5, 0.6) is 0 Å². The monoisotopic (exact) mass is 268 g/mol. The first-order chi connectivity index (χ1) is 9.28. The highest BCUT2D eigenvalue weighted by atomic mass is 32.1. The quantitative estimate of drug-likeness (QED) is 0.734. The molecule has 0 saturated carbocycles. The van der Waals surface area contributed by atoms with Crippen LogP contribution in [-0.4, -0.2) is 14.5 Å². The third-order valence-electron chi connectivity index (χ3n) is 2.94. The minimum atomic E-state index is 0.285. The summed E-state index contributed by atoms with van der Waals surface area (Å²) in [6.07, 6.45) is 2.56. The van der Waals surface area contributed by atoms with Gasteiger partial charge in [0.15, 0.2) is 5.65 Å². The molecular weight excluding hydrogens is 256 g/mol. The normalized spacial score (nSPS) is 10.7. The molecule has 0 aliphatic carbocycles. The minimum Gasteiger partial charge on any atom is -0.298 e. The van der Waals surface area contributed by atoms with Gasteiger partial charge >= 0.3 is 0 Å². The van der Waals surface area contributed by atoms with E-state index < -0.39 is 0 Å². The Morgan fingerprint density at radius 1 is 1.47 bits per heavy atom. The van der Waals surface area contributed by atoms with E-state index in [4.69, 9.17) is 5.26 Å². The lowest BCUT2D eigenvalue weighted by Crippen LogP contribution is -2.03. The number of nitriles is 1. The molecule has 5 heteroatoms. The van der Waals surface area contributed by atoms with Crippen molar-refractivity contribution in [2.24, 2.45) is 0 Å². The van der Waals surface area contributed by atoms with Gasteiger partial charge in [-0.15, -0.1) is 11.3 Å². The second-order valence-corrected chi connectivity index (χ2v) is 5.42. The summed E-state index contributed by atoms with van der Waals surface area (Å²) >= 11 is 1.70. The summed E-state index contributed by atoms with van der Waals surface area (Å²) in [6, 6.07) is 8.30. The molecule has 0 saturated heterocycles. The Labute approximate surface area is 115 Å². The van der Waals surface area contributed by atoms with Crippen LogP contribution < -0.4 is 0 Å². The third-order valence-corrected chi connectivity index (χ3v) is 3.82. The fourth-order valence-electron chi connectivity index (χ4n) is 2.10. The van der Waals surface area contributed by atoms with Crippen LogP contribution in [0.15, 0.2) is 29.8 Å². The van der Waals surface area contributed by atoms with Crippen LogP contribution in [0.4, 0.5) is 0 Å². The maximum atomic E-state index is 8.98. The van der Waals surface area contributed by atoms with Gasteiger partial charge in [0.2, 0.25) is 0 Å². The van der Waals surface area contributed by atoms with Gasteiger partial charge in [-0.1, -0.05) is 6.07 Å². The topological polar surface area (TPSA) is 54.5 Å². The van der Waals surface area contributed by atoms with Crippen LogP contribution in [0.3, 0.4) is 0 Å². The molecule has 4 nitrogen and oxygen atoms in total. The largest absolute Gasteiger partial charge is 0.298 e. The predicted octanol–water partition coefficient (Wildman–Crippen LogP) is 2.92. The molecule has 19 heavy (non-hydrogen) atoms. The molecule has 0 atom stereocenters. The number of fused-ring (bicyclic) bond motifs is 1. The van der Waals surface area contributed by atoms with Crippen LogP contribution in [0.25, 0.3) is 11.2 Å². The zero-order valence-electron chi connectivity index (χ0n) is 10.5. The molecule has 0 aromatic carbocycles. The van der Waals surface area contributed by atoms with Gasteiger partial charge in [0.25, 0.3) is 0 Å². The number of thiophene rings is 1. The summed E-state index contributed by atoms with van der Waals surface area (Å²) in [5.74, 6) is 0.900. The van der Waals surface area contributed by atoms with Gasteiger partial charge in [0.1, 0.15) is 17.9 Å². The first-order valence-corrected chi connectivity index (χ1v) is 6.87. The molecule has 3 rings (SSSR count). The second-order valence-electron chi connectivity index (χ2n) is 4.38. The molecule has 3 heterocycles. The van der Waals surface area contributed by atoms with Crippen molar-refractivity contribution in [3.63, 3.8) is 0 Å². The van der Waals surface area contributed by atoms with Gasteiger partial charge in [0, 0.05) is 17.5 Å². The average molecular weight is 268 g/mol. The molecule has 3 aromatic heterocycles. The Kier molecular flexibility index (Phi) is 3.02. The predicted molar refractivity (Wildman–Crippen MR) is 75.0 cm³/mol. The zero-order valence-corrected chi connectivity index (χ0v) is 11.3. The average Bonchev–Trinajstić information content (AvgIpc) is 2.99. The number of nitrogens with zero attached hydrogens (tertiary/aromatic N) is 4. The van der Waals surface area contributed by atoms with Crippen molar-refractivity contribution in [2.45, 2.75) is 19.9 Å². The highest BCUT2D eigenvalue weighted by Crippen LogP contribution is 2.19. The summed E-state index contributed by atoms with van der Waals surface area (Å²) in [4.78, 5) is 10.3. The van der Waals surface area contributed by atoms with Crippen molar-refractivity contribution < 1.29 is 0 Å². The van der Waals surface area contributed by atoms with E-state index in [-0.39, 0.29) is 6.54 Å². The van der Waals surface area contributed by atoms with Gasteiger partial charge in [-0.05, 0) is 30.0 Å². The Morgan fingerprint density at radius 2 is 2.37 bits per heavy atom. The molecular formula is C14H12N4S. The Bertz CT molecular complexity index is 750. The number of rotatable bonds is 3. The van der Waals surface area contributed by atoms with Crippen molar-refractivity contribution in [3.05, 3.63) is 46.0 Å². The van der Waals surface area contributed by atoms with Gasteiger partial charge in [0.05, 0.1) is 6.07 Å². The third kappa shape index (κ3) is 2.23. The maximum absolute atomic E-state index is 8.98. The lowest BCUT2D eigenvalue weighted by atomic mass is 10.3. The van der Waals surface area contributed by atoms with Gasteiger partial charge in [-0.2, -0.15) is 5.26 Å². The second kappa shape index (κ2) is 4.82. The molecule has 0 radical (unpaired) electrons. The van der Waals surface area contributed by atoms with Gasteiger partial charge in [-0.25, -0.2) is 9.97 Å². The SMILES string of the molecule is Cc1cnc2c(c1)nc(Cc1cccs1)n2CC#N. The van der Waals surface area contributed by atoms with Crippen molar-refractivity contribution in [2.75, 3.05) is 0 Å². The molecule has 0 bridgehead atoms. The Morgan fingerprint density at radius 3 is 3.11 bits per heavy atom. The molecule has 0 fully saturated rings. The van der Waals surface area contributed by atoms with Crippen LogP contribution in [0, 0.1) is 18.3 Å². The van der Waals surface area contributed by atoms with Gasteiger partial charge < -0.3 is 0 Å². The summed E-state index contributed by atoms with van der Waals surface area (Å²) in [5.41, 5.74) is 2.73. The van der Waals surface area contributed by atoms with Crippen molar-refractivity contribution in [1.82, 2.24) is 14.5 Å². The molecule has 94 valence electrons. The Balaban J connectivity index is 2.12. The molecule has 3 aromatic rings. The number of pyridine rings is 1. The fourth-order valence-corrected chi connectivity index (χ4v) is 2.80. The van der Waals surface area contributed by atoms with Crippen LogP contribution in [0.2, 0.25) is 0 Å². The molecule has 0 amide bonds. The van der Waals surface area contributed by atoms with E-state index >= 15 is 0 Å². The standard InChI is InChI=1S/C14H12N4S/c1-10-7-12-14(16-9-10)18(5-4-15)13(17-12)8-11-3-2-6-19-11/h2-3,6-7,9H,5,8H2,1H3. The van der Waals surface area contributed by atoms with E-state index in [9.17, 15) is 0 Å². The lowest BCUT2D eigenvalue weighted by Gasteiger charge is -2.02. The fraction of sp³-hybridized carbons (Fsp3) is 0.214. The summed E-state index contributed by atoms with van der Waals surface area (Å²) in [6.45, 7) is 2.28. The van der Waals surface area contributed by atoms with E-state index in [0.717, 1.165) is 29.0 Å². The Hall–Kier alpha value is -2.19. The first kappa shape index (κ1) is 11.9. The van der Waals surface area contributed by atoms with Gasteiger partial charge in [-0.3, -0.25) is 4.57 Å². The highest BCUT2D eigenvalue weighted by Gasteiger charge is 2.12. The molecule has 0 unspecified atom stereocenters. The van der Waals surface area contributed by atoms with Crippen LogP contribution >= 0.6 is 11.3 Å². The number of aromatic nitrogens is 3. The van der Waals surface area contributed by atoms with Crippen molar-refractivity contribution in [3.8, 4) is 6.07 Å². The summed E-state index contributed by atoms with van der Waals surface area (Å²) in [5, 5.41) is 11.0. The molecule has 0 aliphatic rings. The number of imidazole rings is 1. The van der Waals surface area contributed by atoms with Crippen LogP contribution in [0.1, 0.15) is 16.3 Å². The zero-order chi connectivity index (χ0) is 13.2. The maximum Gasteiger partial charge on any atom is 0.160 e. The smallest absolute Gasteiger partial charge is 0.160 e. The highest BCUT2D eigenvalue weighted by molar-refractivity contribution is 7.09. The summed E-state index contributed by atoms with van der Waals surface area (Å²) in [7, 11) is 0. The number of hydrogen-bond acceptors (Lipinski definition) is 4. The molecule has 0 N–H and O–H groups in total. The number of hydrogen-bond donors (Lipinski definition) is 0. The van der Waals surface area contributed by atoms with Crippen LogP contribution in [-0.2, 0) is 13.0 Å².